The summed E-state index contributed by atoms with van der Waals surface area (Å²) in [6.07, 6.45) is 8.01. The van der Waals surface area contributed by atoms with E-state index in [0.717, 1.165) is 32.2 Å². The highest BCUT2D eigenvalue weighted by molar-refractivity contribution is 5.91. The topological polar surface area (TPSA) is 49.3 Å². The molecule has 0 amide bonds. The Bertz CT molecular complexity index is 472. The van der Waals surface area contributed by atoms with Crippen LogP contribution in [0.25, 0.3) is 0 Å². The summed E-state index contributed by atoms with van der Waals surface area (Å²) in [4.78, 5) is 11.6. The summed E-state index contributed by atoms with van der Waals surface area (Å²) in [6, 6.07) is 0.548. The molecule has 3 heteroatoms. The van der Waals surface area contributed by atoms with E-state index in [4.69, 9.17) is 0 Å². The summed E-state index contributed by atoms with van der Waals surface area (Å²) in [5, 5.41) is 14.1. The molecule has 0 unspecified atom stereocenters. The van der Waals surface area contributed by atoms with Crippen molar-refractivity contribution in [1.82, 2.24) is 5.32 Å². The Morgan fingerprint density at radius 1 is 1.25 bits per heavy atom. The van der Waals surface area contributed by atoms with E-state index in [9.17, 15) is 9.90 Å². The highest BCUT2D eigenvalue weighted by atomic mass is 16.3. The number of hydrogen-bond donors (Lipinski definition) is 2. The number of fused-ring (bicyclic) bond motifs is 5. The van der Waals surface area contributed by atoms with Crippen molar-refractivity contribution in [2.45, 2.75) is 57.6 Å². The standard InChI is InChI=1S/C17H25NO2/c1-17-9-18-16-12-5-3-11(19)8-10(12)2-4-13(16)14(17)6-7-15(17)20/h8,12-16,18,20H,2-7,9H2,1H3/t12-,13-,14-,15-,16+,17-/m0/s1. The maximum Gasteiger partial charge on any atom is 0.155 e. The van der Waals surface area contributed by atoms with Crippen LogP contribution in [0.15, 0.2) is 11.6 Å². The molecule has 1 saturated heterocycles. The summed E-state index contributed by atoms with van der Waals surface area (Å²) in [7, 11) is 0. The van der Waals surface area contributed by atoms with Gasteiger partial charge in [-0.05, 0) is 55.9 Å². The van der Waals surface area contributed by atoms with Crippen LogP contribution in [0.3, 0.4) is 0 Å². The van der Waals surface area contributed by atoms with Crippen molar-refractivity contribution < 1.29 is 9.90 Å². The number of carbonyl (C=O) groups is 1. The Hall–Kier alpha value is -0.670. The maximum absolute atomic E-state index is 11.6. The van der Waals surface area contributed by atoms with Crippen LogP contribution in [0.4, 0.5) is 0 Å². The van der Waals surface area contributed by atoms with E-state index in [0.29, 0.717) is 29.6 Å². The zero-order valence-corrected chi connectivity index (χ0v) is 12.3. The van der Waals surface area contributed by atoms with Gasteiger partial charge in [0.1, 0.15) is 0 Å². The summed E-state index contributed by atoms with van der Waals surface area (Å²) in [6.45, 7) is 3.21. The van der Waals surface area contributed by atoms with E-state index in [1.54, 1.807) is 0 Å². The van der Waals surface area contributed by atoms with Crippen LogP contribution in [-0.2, 0) is 4.79 Å². The van der Waals surface area contributed by atoms with E-state index in [1.165, 1.54) is 18.4 Å². The van der Waals surface area contributed by atoms with Crippen LogP contribution in [0.2, 0.25) is 0 Å². The Morgan fingerprint density at radius 3 is 2.95 bits per heavy atom. The Kier molecular flexibility index (Phi) is 2.87. The number of ketones is 1. The lowest BCUT2D eigenvalue weighted by Crippen LogP contribution is -2.60. The molecule has 20 heavy (non-hydrogen) atoms. The molecule has 0 aromatic carbocycles. The van der Waals surface area contributed by atoms with Gasteiger partial charge < -0.3 is 10.4 Å². The number of rotatable bonds is 0. The lowest BCUT2D eigenvalue weighted by molar-refractivity contribution is -0.115. The minimum absolute atomic E-state index is 0.0763. The van der Waals surface area contributed by atoms with Gasteiger partial charge in [-0.2, -0.15) is 0 Å². The summed E-state index contributed by atoms with van der Waals surface area (Å²) in [5.41, 5.74) is 1.48. The minimum Gasteiger partial charge on any atom is -0.393 e. The highest BCUT2D eigenvalue weighted by Crippen LogP contribution is 2.55. The van der Waals surface area contributed by atoms with Crippen molar-refractivity contribution in [2.24, 2.45) is 23.2 Å². The van der Waals surface area contributed by atoms with Gasteiger partial charge in [-0.1, -0.05) is 12.5 Å². The van der Waals surface area contributed by atoms with Crippen molar-refractivity contribution in [2.75, 3.05) is 6.54 Å². The Labute approximate surface area is 120 Å². The summed E-state index contributed by atoms with van der Waals surface area (Å²) in [5.74, 6) is 2.27. The Morgan fingerprint density at radius 2 is 2.10 bits per heavy atom. The fraction of sp³-hybridized carbons (Fsp3) is 0.824. The van der Waals surface area contributed by atoms with Crippen LogP contribution >= 0.6 is 0 Å². The first-order chi connectivity index (χ1) is 9.59. The molecule has 3 nitrogen and oxygen atoms in total. The molecule has 6 atom stereocenters. The first-order valence-electron chi connectivity index (χ1n) is 8.24. The SMILES string of the molecule is C[C@]12CN[C@H]3[C@@H](CCC4=CC(=O)CC[C@@H]43)[C@@H]1CC[C@@H]2O. The van der Waals surface area contributed by atoms with Crippen molar-refractivity contribution in [3.8, 4) is 0 Å². The third-order valence-electron chi connectivity index (χ3n) is 6.78. The largest absolute Gasteiger partial charge is 0.393 e. The molecular weight excluding hydrogens is 250 g/mol. The van der Waals surface area contributed by atoms with Gasteiger partial charge in [0.15, 0.2) is 5.78 Å². The minimum atomic E-state index is -0.133. The third kappa shape index (κ3) is 1.69. The van der Waals surface area contributed by atoms with E-state index >= 15 is 0 Å². The highest BCUT2D eigenvalue weighted by Gasteiger charge is 2.55. The molecule has 0 bridgehead atoms. The zero-order valence-electron chi connectivity index (χ0n) is 12.3. The van der Waals surface area contributed by atoms with Crippen molar-refractivity contribution in [3.63, 3.8) is 0 Å². The number of allylic oxidation sites excluding steroid dienone is 1. The molecule has 2 saturated carbocycles. The molecule has 4 aliphatic rings. The number of aliphatic hydroxyl groups excluding tert-OH is 1. The first-order valence-corrected chi connectivity index (χ1v) is 8.24. The predicted octanol–water partition coefficient (Wildman–Crippen LogP) is 2.05. The molecule has 110 valence electrons. The molecule has 0 aromatic heterocycles. The molecule has 0 radical (unpaired) electrons. The van der Waals surface area contributed by atoms with E-state index in [1.807, 2.05) is 6.08 Å². The van der Waals surface area contributed by atoms with E-state index < -0.39 is 0 Å². The lowest BCUT2D eigenvalue weighted by atomic mass is 9.58. The second kappa shape index (κ2) is 4.41. The number of nitrogens with one attached hydrogen (secondary N) is 1. The molecule has 3 aliphatic carbocycles. The summed E-state index contributed by atoms with van der Waals surface area (Å²) < 4.78 is 0. The fourth-order valence-electron chi connectivity index (χ4n) is 5.63. The van der Waals surface area contributed by atoms with Gasteiger partial charge in [0, 0.05) is 24.4 Å². The average molecular weight is 275 g/mol. The number of carbonyl (C=O) groups excluding carboxylic acids is 1. The van der Waals surface area contributed by atoms with Gasteiger partial charge in [-0.15, -0.1) is 0 Å². The first kappa shape index (κ1) is 13.0. The Balaban J connectivity index is 1.63. The molecular formula is C17H25NO2. The fourth-order valence-corrected chi connectivity index (χ4v) is 5.63. The summed E-state index contributed by atoms with van der Waals surface area (Å²) >= 11 is 0. The van der Waals surface area contributed by atoms with Gasteiger partial charge in [0.05, 0.1) is 6.10 Å². The second-order valence-electron chi connectivity index (χ2n) is 7.65. The van der Waals surface area contributed by atoms with Gasteiger partial charge in [-0.25, -0.2) is 0 Å². The molecule has 0 spiro atoms. The normalized spacial score (nSPS) is 51.0. The molecule has 1 heterocycles. The van der Waals surface area contributed by atoms with Gasteiger partial charge in [-0.3, -0.25) is 4.79 Å². The van der Waals surface area contributed by atoms with Crippen LogP contribution < -0.4 is 5.32 Å². The van der Waals surface area contributed by atoms with Crippen LogP contribution in [0.1, 0.15) is 45.4 Å². The maximum atomic E-state index is 11.6. The van der Waals surface area contributed by atoms with Gasteiger partial charge in [0.25, 0.3) is 0 Å². The molecule has 4 rings (SSSR count). The van der Waals surface area contributed by atoms with Crippen molar-refractivity contribution in [1.29, 1.82) is 0 Å². The van der Waals surface area contributed by atoms with Crippen molar-refractivity contribution >= 4 is 5.78 Å². The predicted molar refractivity (Wildman–Crippen MR) is 77.2 cm³/mol. The zero-order chi connectivity index (χ0) is 13.9. The van der Waals surface area contributed by atoms with E-state index in [-0.39, 0.29) is 11.5 Å². The molecule has 0 aromatic rings. The molecule has 3 fully saturated rings. The van der Waals surface area contributed by atoms with Crippen LogP contribution in [0.5, 0.6) is 0 Å². The number of hydrogen-bond acceptors (Lipinski definition) is 3. The van der Waals surface area contributed by atoms with Crippen LogP contribution in [0, 0.1) is 23.2 Å². The molecule has 1 aliphatic heterocycles. The van der Waals surface area contributed by atoms with Gasteiger partial charge >= 0.3 is 0 Å². The second-order valence-corrected chi connectivity index (χ2v) is 7.65. The smallest absolute Gasteiger partial charge is 0.155 e. The lowest BCUT2D eigenvalue weighted by Gasteiger charge is -2.53. The van der Waals surface area contributed by atoms with E-state index in [2.05, 4.69) is 12.2 Å². The number of aliphatic hydroxyl groups is 1. The third-order valence-corrected chi connectivity index (χ3v) is 6.78. The van der Waals surface area contributed by atoms with Crippen LogP contribution in [-0.4, -0.2) is 29.6 Å². The average Bonchev–Trinajstić information content (AvgIpc) is 2.74. The molecule has 2 N–H and O–H groups in total. The monoisotopic (exact) mass is 275 g/mol. The van der Waals surface area contributed by atoms with Gasteiger partial charge in [0.2, 0.25) is 0 Å². The number of piperidine rings is 1. The quantitative estimate of drug-likeness (QED) is 0.711. The van der Waals surface area contributed by atoms with Crippen molar-refractivity contribution in [3.05, 3.63) is 11.6 Å².